The minimum absolute atomic E-state index is 0.216. The Balaban J connectivity index is 2.15. The first-order valence-electron chi connectivity index (χ1n) is 10.6. The fourth-order valence-corrected chi connectivity index (χ4v) is 4.03. The lowest BCUT2D eigenvalue weighted by molar-refractivity contribution is -0.366. The maximum Gasteiger partial charge on any atom is 0.228 e. The molecule has 33 heavy (non-hydrogen) atoms. The van der Waals surface area contributed by atoms with Crippen LogP contribution in [0.25, 0.3) is 0 Å². The van der Waals surface area contributed by atoms with E-state index in [4.69, 9.17) is 18.9 Å². The zero-order valence-electron chi connectivity index (χ0n) is 18.8. The molecule has 5 atom stereocenters. The number of nitrogens with zero attached hydrogens (tertiary/aromatic N) is 1. The van der Waals surface area contributed by atoms with Crippen LogP contribution in [0, 0.1) is 11.3 Å². The Kier molecular flexibility index (Phi) is 7.92. The second-order valence-corrected chi connectivity index (χ2v) is 7.71. The molecule has 9 nitrogen and oxygen atoms in total. The molecular weight excluding hydrogens is 430 g/mol. The summed E-state index contributed by atoms with van der Waals surface area (Å²) in [5.41, 5.74) is 2.09. The van der Waals surface area contributed by atoms with E-state index in [-0.39, 0.29) is 17.9 Å². The summed E-state index contributed by atoms with van der Waals surface area (Å²) in [4.78, 5) is 0. The average molecular weight is 459 g/mol. The lowest BCUT2D eigenvalue weighted by Gasteiger charge is -2.48. The van der Waals surface area contributed by atoms with Crippen LogP contribution < -0.4 is 9.47 Å². The molecule has 2 aromatic carbocycles. The predicted molar refractivity (Wildman–Crippen MR) is 117 cm³/mol. The van der Waals surface area contributed by atoms with Crippen LogP contribution in [0.3, 0.4) is 0 Å². The van der Waals surface area contributed by atoms with Gasteiger partial charge in [0.25, 0.3) is 0 Å². The first kappa shape index (κ1) is 24.9. The number of ether oxygens (including phenoxy) is 4. The molecule has 1 heterocycles. The van der Waals surface area contributed by atoms with Crippen molar-refractivity contribution in [2.45, 2.75) is 43.5 Å². The van der Waals surface area contributed by atoms with E-state index < -0.39 is 36.8 Å². The first-order valence-corrected chi connectivity index (χ1v) is 10.6. The van der Waals surface area contributed by atoms with Gasteiger partial charge in [0.15, 0.2) is 0 Å². The molecule has 2 aromatic rings. The lowest BCUT2D eigenvalue weighted by Crippen LogP contribution is -2.64. The number of methoxy groups -OCH3 is 2. The van der Waals surface area contributed by atoms with Crippen LogP contribution in [0.1, 0.15) is 29.2 Å². The molecule has 3 rings (SSSR count). The van der Waals surface area contributed by atoms with Crippen molar-refractivity contribution in [1.29, 1.82) is 5.26 Å². The number of aliphatic hydroxyl groups is 4. The van der Waals surface area contributed by atoms with E-state index in [0.717, 1.165) is 5.56 Å². The SMILES string of the molecule is CCOc1cc(C#N)c(Cc2ccc(OC)cc2)cc1[C@]1(OC)O[C@H](CO)[C@@H](O)[C@H](O)[C@H]1O. The van der Waals surface area contributed by atoms with Crippen molar-refractivity contribution in [3.63, 3.8) is 0 Å². The highest BCUT2D eigenvalue weighted by molar-refractivity contribution is 5.52. The maximum absolute atomic E-state index is 10.9. The fourth-order valence-electron chi connectivity index (χ4n) is 4.03. The molecule has 0 amide bonds. The van der Waals surface area contributed by atoms with Gasteiger partial charge in [-0.25, -0.2) is 0 Å². The van der Waals surface area contributed by atoms with Gasteiger partial charge in [-0.05, 0) is 48.7 Å². The van der Waals surface area contributed by atoms with Crippen molar-refractivity contribution in [2.24, 2.45) is 0 Å². The zero-order valence-corrected chi connectivity index (χ0v) is 18.8. The lowest BCUT2D eigenvalue weighted by atomic mass is 9.85. The predicted octanol–water partition coefficient (Wildman–Crippen LogP) is 0.829. The average Bonchev–Trinajstić information content (AvgIpc) is 2.84. The molecule has 1 fully saturated rings. The topological polar surface area (TPSA) is 142 Å². The largest absolute Gasteiger partial charge is 0.497 e. The van der Waals surface area contributed by atoms with Gasteiger partial charge in [-0.2, -0.15) is 5.26 Å². The number of benzene rings is 2. The molecule has 1 aliphatic rings. The molecule has 178 valence electrons. The molecule has 0 bridgehead atoms. The van der Waals surface area contributed by atoms with Crippen molar-refractivity contribution in [1.82, 2.24) is 0 Å². The third-order valence-electron chi connectivity index (χ3n) is 5.81. The highest BCUT2D eigenvalue weighted by atomic mass is 16.7. The van der Waals surface area contributed by atoms with Crippen LogP contribution >= 0.6 is 0 Å². The smallest absolute Gasteiger partial charge is 0.228 e. The molecule has 9 heteroatoms. The summed E-state index contributed by atoms with van der Waals surface area (Å²) in [5, 5.41) is 51.0. The highest BCUT2D eigenvalue weighted by Gasteiger charge is 2.56. The van der Waals surface area contributed by atoms with Gasteiger partial charge < -0.3 is 39.4 Å². The van der Waals surface area contributed by atoms with Crippen molar-refractivity contribution < 1.29 is 39.4 Å². The Labute approximate surface area is 192 Å². The number of hydrogen-bond acceptors (Lipinski definition) is 9. The summed E-state index contributed by atoms with van der Waals surface area (Å²) in [6, 6.07) is 12.7. The Bertz CT molecular complexity index is 987. The summed E-state index contributed by atoms with van der Waals surface area (Å²) < 4.78 is 22.3. The van der Waals surface area contributed by atoms with Crippen molar-refractivity contribution in [3.8, 4) is 17.6 Å². The molecule has 0 aliphatic carbocycles. The molecule has 4 N–H and O–H groups in total. The van der Waals surface area contributed by atoms with Crippen LogP contribution in [0.5, 0.6) is 11.5 Å². The van der Waals surface area contributed by atoms with E-state index in [1.165, 1.54) is 13.2 Å². The van der Waals surface area contributed by atoms with Crippen LogP contribution in [0.15, 0.2) is 36.4 Å². The maximum atomic E-state index is 10.9. The Hall–Kier alpha value is -2.71. The molecule has 1 saturated heterocycles. The fraction of sp³-hybridized carbons (Fsp3) is 0.458. The Morgan fingerprint density at radius 3 is 2.33 bits per heavy atom. The van der Waals surface area contributed by atoms with Crippen LogP contribution in [-0.4, -0.2) is 72.3 Å². The normalized spacial score (nSPS) is 27.1. The van der Waals surface area contributed by atoms with Gasteiger partial charge in [-0.3, -0.25) is 0 Å². The summed E-state index contributed by atoms with van der Waals surface area (Å²) in [5.74, 6) is -1.04. The number of hydrogen-bond donors (Lipinski definition) is 4. The van der Waals surface area contributed by atoms with Gasteiger partial charge in [-0.1, -0.05) is 12.1 Å². The summed E-state index contributed by atoms with van der Waals surface area (Å²) in [6.07, 6.45) is -5.75. The van der Waals surface area contributed by atoms with Gasteiger partial charge in [0.05, 0.1) is 37.5 Å². The van der Waals surface area contributed by atoms with E-state index in [2.05, 4.69) is 6.07 Å². The quantitative estimate of drug-likeness (QED) is 0.451. The van der Waals surface area contributed by atoms with Gasteiger partial charge in [0.1, 0.15) is 35.9 Å². The summed E-state index contributed by atoms with van der Waals surface area (Å²) in [6.45, 7) is 1.39. The zero-order chi connectivity index (χ0) is 24.2. The third-order valence-corrected chi connectivity index (χ3v) is 5.81. The van der Waals surface area contributed by atoms with E-state index in [9.17, 15) is 25.7 Å². The second kappa shape index (κ2) is 10.5. The summed E-state index contributed by atoms with van der Waals surface area (Å²) in [7, 11) is 2.85. The van der Waals surface area contributed by atoms with Gasteiger partial charge in [0.2, 0.25) is 5.79 Å². The van der Waals surface area contributed by atoms with Crippen molar-refractivity contribution >= 4 is 0 Å². The van der Waals surface area contributed by atoms with Crippen molar-refractivity contribution in [2.75, 3.05) is 27.4 Å². The monoisotopic (exact) mass is 459 g/mol. The molecule has 0 spiro atoms. The molecule has 0 unspecified atom stereocenters. The molecule has 0 saturated carbocycles. The Morgan fingerprint density at radius 2 is 1.79 bits per heavy atom. The van der Waals surface area contributed by atoms with Crippen LogP contribution in [-0.2, 0) is 21.7 Å². The summed E-state index contributed by atoms with van der Waals surface area (Å²) >= 11 is 0. The van der Waals surface area contributed by atoms with Gasteiger partial charge in [0, 0.05) is 7.11 Å². The molecular formula is C24H29NO8. The highest BCUT2D eigenvalue weighted by Crippen LogP contribution is 2.44. The van der Waals surface area contributed by atoms with Crippen LogP contribution in [0.2, 0.25) is 0 Å². The minimum atomic E-state index is -1.96. The van der Waals surface area contributed by atoms with E-state index in [1.54, 1.807) is 20.1 Å². The Morgan fingerprint density at radius 1 is 1.09 bits per heavy atom. The van der Waals surface area contributed by atoms with E-state index in [0.29, 0.717) is 23.3 Å². The minimum Gasteiger partial charge on any atom is -0.497 e. The van der Waals surface area contributed by atoms with Crippen molar-refractivity contribution in [3.05, 3.63) is 58.7 Å². The molecule has 0 aromatic heterocycles. The second-order valence-electron chi connectivity index (χ2n) is 7.71. The third kappa shape index (κ3) is 4.68. The van der Waals surface area contributed by atoms with Gasteiger partial charge in [-0.15, -0.1) is 0 Å². The van der Waals surface area contributed by atoms with Crippen LogP contribution in [0.4, 0.5) is 0 Å². The van der Waals surface area contributed by atoms with E-state index >= 15 is 0 Å². The molecule has 0 radical (unpaired) electrons. The standard InChI is InChI=1S/C24H29NO8/c1-4-32-19-11-16(12-25)15(9-14-5-7-17(30-2)8-6-14)10-18(19)24(31-3)23(29)22(28)21(27)20(13-26)33-24/h5-8,10-11,20-23,26-29H,4,9,13H2,1-3H3/t20-,21-,22+,23-,24+/m1/s1. The first-order chi connectivity index (χ1) is 15.8. The number of nitriles is 1. The number of aliphatic hydroxyl groups excluding tert-OH is 4. The molecule has 1 aliphatic heterocycles. The number of rotatable bonds is 8. The van der Waals surface area contributed by atoms with Gasteiger partial charge >= 0.3 is 0 Å². The van der Waals surface area contributed by atoms with E-state index in [1.807, 2.05) is 24.3 Å².